The van der Waals surface area contributed by atoms with Crippen LogP contribution in [0.25, 0.3) is 0 Å². The second kappa shape index (κ2) is 8.81. The molecule has 1 unspecified atom stereocenters. The molecular weight excluding hydrogens is 464 g/mol. The zero-order valence-electron chi connectivity index (χ0n) is 17.2. The first-order chi connectivity index (χ1) is 14.4. The standard InChI is InChI=1S/C23H27BrN2O3S/c1-17-15-19-16-20(24)8-11-22(19)26(17)23(27)12-7-18-5-9-21(10-6-18)30(28,29)25-13-3-2-4-14-25/h5-6,8-11,16-17H,2-4,7,12-15H2,1H3. The smallest absolute Gasteiger partial charge is 0.243 e. The number of anilines is 1. The van der Waals surface area contributed by atoms with Gasteiger partial charge in [0.05, 0.1) is 4.90 Å². The summed E-state index contributed by atoms with van der Waals surface area (Å²) < 4.78 is 28.2. The van der Waals surface area contributed by atoms with Crippen LogP contribution in [0.4, 0.5) is 5.69 Å². The summed E-state index contributed by atoms with van der Waals surface area (Å²) in [4.78, 5) is 15.2. The number of hydrogen-bond acceptors (Lipinski definition) is 3. The Bertz CT molecular complexity index is 1030. The van der Waals surface area contributed by atoms with Gasteiger partial charge in [-0.2, -0.15) is 4.31 Å². The summed E-state index contributed by atoms with van der Waals surface area (Å²) in [5.41, 5.74) is 3.17. The lowest BCUT2D eigenvalue weighted by atomic mass is 10.1. The predicted molar refractivity (Wildman–Crippen MR) is 122 cm³/mol. The van der Waals surface area contributed by atoms with Crippen LogP contribution in [0.5, 0.6) is 0 Å². The lowest BCUT2D eigenvalue weighted by molar-refractivity contribution is -0.118. The topological polar surface area (TPSA) is 57.7 Å². The summed E-state index contributed by atoms with van der Waals surface area (Å²) in [6.45, 7) is 3.28. The molecule has 2 aromatic carbocycles. The molecule has 0 aromatic heterocycles. The molecular formula is C23H27BrN2O3S. The first-order valence-corrected chi connectivity index (χ1v) is 12.8. The van der Waals surface area contributed by atoms with Crippen LogP contribution in [0.1, 0.15) is 43.7 Å². The van der Waals surface area contributed by atoms with Crippen LogP contribution in [0.15, 0.2) is 51.8 Å². The summed E-state index contributed by atoms with van der Waals surface area (Å²) in [5.74, 6) is 0.105. The lowest BCUT2D eigenvalue weighted by Gasteiger charge is -2.26. The van der Waals surface area contributed by atoms with E-state index in [0.29, 0.717) is 30.8 Å². The Balaban J connectivity index is 1.40. The Morgan fingerprint density at radius 1 is 1.07 bits per heavy atom. The highest BCUT2D eigenvalue weighted by atomic mass is 79.9. The number of nitrogens with zero attached hydrogens (tertiary/aromatic N) is 2. The molecule has 2 heterocycles. The molecule has 0 radical (unpaired) electrons. The van der Waals surface area contributed by atoms with Gasteiger partial charge < -0.3 is 4.90 Å². The van der Waals surface area contributed by atoms with E-state index in [1.165, 1.54) is 5.56 Å². The molecule has 2 aliphatic heterocycles. The number of carbonyl (C=O) groups is 1. The number of sulfonamides is 1. The number of benzene rings is 2. The molecule has 1 saturated heterocycles. The zero-order chi connectivity index (χ0) is 21.3. The largest absolute Gasteiger partial charge is 0.309 e. The second-order valence-electron chi connectivity index (χ2n) is 8.20. The normalized spacial score (nSPS) is 19.7. The SMILES string of the molecule is CC1Cc2cc(Br)ccc2N1C(=O)CCc1ccc(S(=O)(=O)N2CCCCC2)cc1. The zero-order valence-corrected chi connectivity index (χ0v) is 19.6. The van der Waals surface area contributed by atoms with Crippen LogP contribution < -0.4 is 4.90 Å². The fraction of sp³-hybridized carbons (Fsp3) is 0.435. The van der Waals surface area contributed by atoms with Gasteiger partial charge in [0.1, 0.15) is 0 Å². The molecule has 0 N–H and O–H groups in total. The molecule has 0 spiro atoms. The molecule has 5 nitrogen and oxygen atoms in total. The maximum atomic E-state index is 12.9. The summed E-state index contributed by atoms with van der Waals surface area (Å²) >= 11 is 3.50. The molecule has 1 amide bonds. The summed E-state index contributed by atoms with van der Waals surface area (Å²) in [6, 6.07) is 13.2. The molecule has 4 rings (SSSR count). The van der Waals surface area contributed by atoms with Crippen molar-refractivity contribution in [1.29, 1.82) is 0 Å². The van der Waals surface area contributed by atoms with Crippen molar-refractivity contribution in [3.05, 3.63) is 58.1 Å². The van der Waals surface area contributed by atoms with Crippen molar-refractivity contribution in [1.82, 2.24) is 4.31 Å². The number of rotatable bonds is 5. The predicted octanol–water partition coefficient (Wildman–Crippen LogP) is 4.53. The molecule has 7 heteroatoms. The van der Waals surface area contributed by atoms with Gasteiger partial charge in [0.25, 0.3) is 0 Å². The van der Waals surface area contributed by atoms with Crippen molar-refractivity contribution in [3.63, 3.8) is 0 Å². The monoisotopic (exact) mass is 490 g/mol. The number of halogens is 1. The molecule has 2 aliphatic rings. The maximum absolute atomic E-state index is 12.9. The van der Waals surface area contributed by atoms with E-state index in [9.17, 15) is 13.2 Å². The maximum Gasteiger partial charge on any atom is 0.243 e. The number of piperidine rings is 1. The number of carbonyl (C=O) groups excluding carboxylic acids is 1. The minimum absolute atomic E-state index is 0.105. The molecule has 2 aromatic rings. The van der Waals surface area contributed by atoms with Crippen molar-refractivity contribution in [2.75, 3.05) is 18.0 Å². The van der Waals surface area contributed by atoms with Gasteiger partial charge in [-0.1, -0.05) is 34.5 Å². The number of aryl methyl sites for hydroxylation is 1. The molecule has 0 aliphatic carbocycles. The first kappa shape index (κ1) is 21.5. The van der Waals surface area contributed by atoms with E-state index in [2.05, 4.69) is 28.9 Å². The van der Waals surface area contributed by atoms with Gasteiger partial charge >= 0.3 is 0 Å². The first-order valence-electron chi connectivity index (χ1n) is 10.6. The highest BCUT2D eigenvalue weighted by Gasteiger charge is 2.30. The van der Waals surface area contributed by atoms with E-state index in [0.717, 1.165) is 41.4 Å². The van der Waals surface area contributed by atoms with Gasteiger partial charge in [0.15, 0.2) is 0 Å². The summed E-state index contributed by atoms with van der Waals surface area (Å²) in [6.07, 6.45) is 4.80. The number of fused-ring (bicyclic) bond motifs is 1. The van der Waals surface area contributed by atoms with E-state index in [1.54, 1.807) is 16.4 Å². The van der Waals surface area contributed by atoms with E-state index in [-0.39, 0.29) is 11.9 Å². The summed E-state index contributed by atoms with van der Waals surface area (Å²) in [7, 11) is -3.41. The van der Waals surface area contributed by atoms with Crippen LogP contribution >= 0.6 is 15.9 Å². The number of hydrogen-bond donors (Lipinski definition) is 0. The van der Waals surface area contributed by atoms with Gasteiger partial charge in [0.2, 0.25) is 15.9 Å². The van der Waals surface area contributed by atoms with Gasteiger partial charge in [-0.05, 0) is 74.1 Å². The average Bonchev–Trinajstić information content (AvgIpc) is 3.07. The number of amides is 1. The Hall–Kier alpha value is -1.70. The van der Waals surface area contributed by atoms with Gasteiger partial charge in [-0.15, -0.1) is 0 Å². The van der Waals surface area contributed by atoms with Crippen molar-refractivity contribution in [3.8, 4) is 0 Å². The van der Waals surface area contributed by atoms with E-state index < -0.39 is 10.0 Å². The van der Waals surface area contributed by atoms with E-state index in [1.807, 2.05) is 29.2 Å². The van der Waals surface area contributed by atoms with Crippen molar-refractivity contribution < 1.29 is 13.2 Å². The van der Waals surface area contributed by atoms with Crippen molar-refractivity contribution in [2.24, 2.45) is 0 Å². The lowest BCUT2D eigenvalue weighted by Crippen LogP contribution is -2.36. The third-order valence-electron chi connectivity index (χ3n) is 6.03. The third-order valence-corrected chi connectivity index (χ3v) is 8.44. The Labute approximate surface area is 187 Å². The quantitative estimate of drug-likeness (QED) is 0.618. The van der Waals surface area contributed by atoms with Crippen LogP contribution in [-0.4, -0.2) is 37.8 Å². The Morgan fingerprint density at radius 2 is 1.77 bits per heavy atom. The van der Waals surface area contributed by atoms with Gasteiger partial charge in [-0.3, -0.25) is 4.79 Å². The van der Waals surface area contributed by atoms with Crippen LogP contribution in [0.2, 0.25) is 0 Å². The molecule has 1 fully saturated rings. The van der Waals surface area contributed by atoms with E-state index in [4.69, 9.17) is 0 Å². The molecule has 0 bridgehead atoms. The molecule has 0 saturated carbocycles. The van der Waals surface area contributed by atoms with Crippen molar-refractivity contribution >= 4 is 37.5 Å². The summed E-state index contributed by atoms with van der Waals surface area (Å²) in [5, 5.41) is 0. The Morgan fingerprint density at radius 3 is 2.47 bits per heavy atom. The van der Waals surface area contributed by atoms with Crippen LogP contribution in [0, 0.1) is 0 Å². The molecule has 160 valence electrons. The fourth-order valence-electron chi connectivity index (χ4n) is 4.43. The highest BCUT2D eigenvalue weighted by Crippen LogP contribution is 2.34. The van der Waals surface area contributed by atoms with Crippen molar-refractivity contribution in [2.45, 2.75) is 56.4 Å². The minimum Gasteiger partial charge on any atom is -0.309 e. The average molecular weight is 491 g/mol. The van der Waals surface area contributed by atoms with Crippen LogP contribution in [0.3, 0.4) is 0 Å². The van der Waals surface area contributed by atoms with Gasteiger partial charge in [0, 0.05) is 35.7 Å². The third kappa shape index (κ3) is 4.34. The van der Waals surface area contributed by atoms with Crippen LogP contribution in [-0.2, 0) is 27.7 Å². The minimum atomic E-state index is -3.41. The Kier molecular flexibility index (Phi) is 6.32. The fourth-order valence-corrected chi connectivity index (χ4v) is 6.36. The van der Waals surface area contributed by atoms with E-state index >= 15 is 0 Å². The second-order valence-corrected chi connectivity index (χ2v) is 11.1. The highest BCUT2D eigenvalue weighted by molar-refractivity contribution is 9.10. The molecule has 30 heavy (non-hydrogen) atoms. The van der Waals surface area contributed by atoms with Gasteiger partial charge in [-0.25, -0.2) is 8.42 Å². The molecule has 1 atom stereocenters.